The number of hydrogen-bond acceptors (Lipinski definition) is 5. The van der Waals surface area contributed by atoms with Crippen molar-refractivity contribution in [3.05, 3.63) is 22.4 Å². The third-order valence-corrected chi connectivity index (χ3v) is 6.33. The Labute approximate surface area is 158 Å². The molecular formula is C18H28N4O3S. The van der Waals surface area contributed by atoms with Crippen LogP contribution >= 0.6 is 11.3 Å². The summed E-state index contributed by atoms with van der Waals surface area (Å²) in [6.45, 7) is 2.65. The molecular weight excluding hydrogens is 352 g/mol. The fourth-order valence-electron chi connectivity index (χ4n) is 3.63. The summed E-state index contributed by atoms with van der Waals surface area (Å²) < 4.78 is 5.84. The summed E-state index contributed by atoms with van der Waals surface area (Å²) in [5.74, 6) is 0.0269. The zero-order valence-corrected chi connectivity index (χ0v) is 16.6. The number of nitrogens with one attached hydrogen (secondary N) is 1. The summed E-state index contributed by atoms with van der Waals surface area (Å²) in [5.41, 5.74) is -0.289. The molecule has 3 amide bonds. The molecule has 3 heterocycles. The number of piperidine rings is 1. The Hall–Kier alpha value is -1.64. The number of amides is 3. The van der Waals surface area contributed by atoms with E-state index in [2.05, 4.69) is 21.7 Å². The third kappa shape index (κ3) is 4.19. The molecule has 0 radical (unpaired) electrons. The van der Waals surface area contributed by atoms with Crippen molar-refractivity contribution in [3.63, 3.8) is 0 Å². The van der Waals surface area contributed by atoms with Crippen LogP contribution in [0, 0.1) is 0 Å². The molecule has 1 spiro atoms. The van der Waals surface area contributed by atoms with Crippen molar-refractivity contribution in [3.8, 4) is 0 Å². The van der Waals surface area contributed by atoms with Crippen molar-refractivity contribution < 1.29 is 14.3 Å². The highest BCUT2D eigenvalue weighted by atomic mass is 32.1. The summed E-state index contributed by atoms with van der Waals surface area (Å²) in [4.78, 5) is 31.2. The Balaban J connectivity index is 1.50. The lowest BCUT2D eigenvalue weighted by Gasteiger charge is -2.46. The van der Waals surface area contributed by atoms with E-state index in [9.17, 15) is 9.59 Å². The van der Waals surface area contributed by atoms with Gasteiger partial charge in [-0.05, 0) is 38.4 Å². The first-order chi connectivity index (χ1) is 12.4. The minimum atomic E-state index is -0.289. The lowest BCUT2D eigenvalue weighted by atomic mass is 9.89. The van der Waals surface area contributed by atoms with Crippen LogP contribution in [-0.4, -0.2) is 86.2 Å². The Kier molecular flexibility index (Phi) is 5.84. The fourth-order valence-corrected chi connectivity index (χ4v) is 4.55. The predicted molar refractivity (Wildman–Crippen MR) is 101 cm³/mol. The molecule has 8 heteroatoms. The van der Waals surface area contributed by atoms with Crippen molar-refractivity contribution in [2.24, 2.45) is 0 Å². The summed E-state index contributed by atoms with van der Waals surface area (Å²) >= 11 is 1.71. The standard InChI is InChI=1S/C18H28N4O3S/c1-20(2)14(15-5-4-10-26-15)11-19-17(24)22-8-6-18(7-9-22)13-21(3)16(23)12-25-18/h4-5,10,14H,6-9,11-13H2,1-3H3,(H,19,24). The van der Waals surface area contributed by atoms with E-state index in [0.717, 1.165) is 12.8 Å². The van der Waals surface area contributed by atoms with Gasteiger partial charge in [-0.15, -0.1) is 11.3 Å². The molecule has 1 aromatic heterocycles. The van der Waals surface area contributed by atoms with E-state index in [1.807, 2.05) is 32.1 Å². The van der Waals surface area contributed by atoms with Crippen molar-refractivity contribution >= 4 is 23.3 Å². The van der Waals surface area contributed by atoms with Gasteiger partial charge in [0.15, 0.2) is 0 Å². The molecule has 2 fully saturated rings. The van der Waals surface area contributed by atoms with Crippen LogP contribution in [0.2, 0.25) is 0 Å². The number of urea groups is 1. The summed E-state index contributed by atoms with van der Waals surface area (Å²) in [7, 11) is 5.87. The Bertz CT molecular complexity index is 626. The molecule has 144 valence electrons. The average Bonchev–Trinajstić information content (AvgIpc) is 3.13. The molecule has 1 atom stereocenters. The van der Waals surface area contributed by atoms with Gasteiger partial charge in [0.05, 0.1) is 11.6 Å². The number of likely N-dealkylation sites (N-methyl/N-ethyl adjacent to an activating group) is 2. The van der Waals surface area contributed by atoms with Gasteiger partial charge in [-0.3, -0.25) is 4.79 Å². The SMILES string of the molecule is CN1CC2(CCN(C(=O)NCC(c3cccs3)N(C)C)CC2)OCC1=O. The van der Waals surface area contributed by atoms with E-state index < -0.39 is 0 Å². The topological polar surface area (TPSA) is 65.1 Å². The quantitative estimate of drug-likeness (QED) is 0.857. The van der Waals surface area contributed by atoms with Crippen molar-refractivity contribution in [2.45, 2.75) is 24.5 Å². The number of ether oxygens (including phenoxy) is 1. The van der Waals surface area contributed by atoms with Gasteiger partial charge < -0.3 is 24.8 Å². The second kappa shape index (κ2) is 7.94. The van der Waals surface area contributed by atoms with E-state index in [0.29, 0.717) is 26.2 Å². The number of morpholine rings is 1. The van der Waals surface area contributed by atoms with Gasteiger partial charge in [0.2, 0.25) is 5.91 Å². The molecule has 7 nitrogen and oxygen atoms in total. The monoisotopic (exact) mass is 380 g/mol. The summed E-state index contributed by atoms with van der Waals surface area (Å²) in [6.07, 6.45) is 1.53. The van der Waals surface area contributed by atoms with Crippen molar-refractivity contribution in [1.29, 1.82) is 0 Å². The van der Waals surface area contributed by atoms with Crippen molar-refractivity contribution in [1.82, 2.24) is 20.0 Å². The van der Waals surface area contributed by atoms with Gasteiger partial charge in [0.25, 0.3) is 0 Å². The van der Waals surface area contributed by atoms with Gasteiger partial charge in [-0.2, -0.15) is 0 Å². The molecule has 2 aliphatic rings. The Morgan fingerprint density at radius 3 is 2.73 bits per heavy atom. The molecule has 0 saturated carbocycles. The van der Waals surface area contributed by atoms with Crippen molar-refractivity contribution in [2.75, 3.05) is 53.9 Å². The third-order valence-electron chi connectivity index (χ3n) is 5.36. The second-order valence-corrected chi connectivity index (χ2v) is 8.37. The van der Waals surface area contributed by atoms with Gasteiger partial charge in [0, 0.05) is 38.1 Å². The molecule has 0 bridgehead atoms. The zero-order chi connectivity index (χ0) is 18.7. The second-order valence-electron chi connectivity index (χ2n) is 7.39. The lowest BCUT2D eigenvalue weighted by Crippen LogP contribution is -2.59. The number of carbonyl (C=O) groups is 2. The summed E-state index contributed by atoms with van der Waals surface area (Å²) in [6, 6.07) is 4.29. The average molecular weight is 381 g/mol. The van der Waals surface area contributed by atoms with Crippen LogP contribution in [0.1, 0.15) is 23.8 Å². The smallest absolute Gasteiger partial charge is 0.317 e. The van der Waals surface area contributed by atoms with E-state index in [1.165, 1.54) is 4.88 Å². The Morgan fingerprint density at radius 1 is 1.42 bits per heavy atom. The van der Waals surface area contributed by atoms with E-state index >= 15 is 0 Å². The van der Waals surface area contributed by atoms with Crippen LogP contribution in [0.25, 0.3) is 0 Å². The van der Waals surface area contributed by atoms with Gasteiger partial charge in [-0.1, -0.05) is 6.07 Å². The fraction of sp³-hybridized carbons (Fsp3) is 0.667. The van der Waals surface area contributed by atoms with Gasteiger partial charge in [0.1, 0.15) is 6.61 Å². The molecule has 2 saturated heterocycles. The first kappa shape index (κ1) is 19.1. The highest BCUT2D eigenvalue weighted by Crippen LogP contribution is 2.30. The predicted octanol–water partition coefficient (Wildman–Crippen LogP) is 1.38. The normalized spacial score (nSPS) is 21.3. The zero-order valence-electron chi connectivity index (χ0n) is 15.7. The molecule has 1 unspecified atom stereocenters. The molecule has 0 aliphatic carbocycles. The van der Waals surface area contributed by atoms with Crippen LogP contribution in [0.4, 0.5) is 4.79 Å². The lowest BCUT2D eigenvalue weighted by molar-refractivity contribution is -0.167. The first-order valence-corrected chi connectivity index (χ1v) is 9.89. The number of nitrogens with zero attached hydrogens (tertiary/aromatic N) is 3. The van der Waals surface area contributed by atoms with Crippen LogP contribution in [0.3, 0.4) is 0 Å². The van der Waals surface area contributed by atoms with Crippen LogP contribution in [0.5, 0.6) is 0 Å². The van der Waals surface area contributed by atoms with Crippen LogP contribution < -0.4 is 5.32 Å². The number of hydrogen-bond donors (Lipinski definition) is 1. The molecule has 26 heavy (non-hydrogen) atoms. The number of thiophene rings is 1. The Morgan fingerprint density at radius 2 is 2.15 bits per heavy atom. The number of likely N-dealkylation sites (tertiary alicyclic amines) is 1. The van der Waals surface area contributed by atoms with Gasteiger partial charge >= 0.3 is 6.03 Å². The maximum atomic E-state index is 12.6. The van der Waals surface area contributed by atoms with Crippen LogP contribution in [-0.2, 0) is 9.53 Å². The summed E-state index contributed by atoms with van der Waals surface area (Å²) in [5, 5.41) is 5.14. The molecule has 1 N–H and O–H groups in total. The van der Waals surface area contributed by atoms with E-state index in [1.54, 1.807) is 16.2 Å². The number of rotatable bonds is 4. The molecule has 0 aromatic carbocycles. The highest BCUT2D eigenvalue weighted by molar-refractivity contribution is 7.10. The first-order valence-electron chi connectivity index (χ1n) is 9.01. The molecule has 2 aliphatic heterocycles. The molecule has 3 rings (SSSR count). The molecule has 1 aromatic rings. The van der Waals surface area contributed by atoms with E-state index in [-0.39, 0.29) is 30.2 Å². The van der Waals surface area contributed by atoms with Gasteiger partial charge in [-0.25, -0.2) is 4.79 Å². The highest BCUT2D eigenvalue weighted by Gasteiger charge is 2.42. The number of carbonyl (C=O) groups excluding carboxylic acids is 2. The van der Waals surface area contributed by atoms with E-state index in [4.69, 9.17) is 4.74 Å². The largest absolute Gasteiger partial charge is 0.363 e. The minimum Gasteiger partial charge on any atom is -0.363 e. The minimum absolute atomic E-state index is 0.0245. The maximum absolute atomic E-state index is 12.6. The maximum Gasteiger partial charge on any atom is 0.317 e. The van der Waals surface area contributed by atoms with Crippen LogP contribution in [0.15, 0.2) is 17.5 Å².